The summed E-state index contributed by atoms with van der Waals surface area (Å²) in [5.41, 5.74) is -0.0454. The van der Waals surface area contributed by atoms with Crippen LogP contribution >= 0.6 is 15.9 Å². The molecule has 6 nitrogen and oxygen atoms in total. The summed E-state index contributed by atoms with van der Waals surface area (Å²) >= 11 is 3.03. The van der Waals surface area contributed by atoms with Gasteiger partial charge in [0.25, 0.3) is 5.91 Å². The van der Waals surface area contributed by atoms with E-state index in [9.17, 15) is 17.6 Å². The largest absolute Gasteiger partial charge is 0.336 e. The third-order valence-corrected chi connectivity index (χ3v) is 5.00. The molecule has 1 aliphatic heterocycles. The minimum Gasteiger partial charge on any atom is -0.336 e. The summed E-state index contributed by atoms with van der Waals surface area (Å²) < 4.78 is 36.3. The maximum Gasteiger partial charge on any atom is 0.255 e. The van der Waals surface area contributed by atoms with Gasteiger partial charge >= 0.3 is 0 Å². The number of nitrogens with one attached hydrogen (secondary N) is 1. The van der Waals surface area contributed by atoms with Crippen LogP contribution in [0, 0.1) is 5.82 Å². The molecule has 20 heavy (non-hydrogen) atoms. The molecule has 1 amide bonds. The van der Waals surface area contributed by atoms with Gasteiger partial charge < -0.3 is 10.2 Å². The Morgan fingerprint density at radius 1 is 1.35 bits per heavy atom. The van der Waals surface area contributed by atoms with Gasteiger partial charge in [0.05, 0.1) is 14.9 Å². The molecule has 3 N–H and O–H groups in total. The molecule has 0 atom stereocenters. The van der Waals surface area contributed by atoms with Gasteiger partial charge in [-0.2, -0.15) is 0 Å². The van der Waals surface area contributed by atoms with Crippen molar-refractivity contribution >= 4 is 31.9 Å². The molecule has 0 aliphatic carbocycles. The fourth-order valence-electron chi connectivity index (χ4n) is 1.97. The number of sulfonamides is 1. The lowest BCUT2D eigenvalue weighted by molar-refractivity contribution is 0.0734. The standard InChI is InChI=1S/C11H13BrFN3O3S/c12-10-8(11(17)16-3-1-15-2-4-16)5-7(13)6-9(10)20(14,18)19/h5-6,15H,1-4H2,(H2,14,18,19). The molecule has 1 heterocycles. The van der Waals surface area contributed by atoms with Gasteiger partial charge in [-0.05, 0) is 28.1 Å². The number of halogens is 2. The van der Waals surface area contributed by atoms with E-state index >= 15 is 0 Å². The molecule has 0 spiro atoms. The summed E-state index contributed by atoms with van der Waals surface area (Å²) in [5.74, 6) is -1.25. The first kappa shape index (κ1) is 15.4. The Balaban J connectivity index is 2.46. The number of piperazine rings is 1. The number of hydrogen-bond donors (Lipinski definition) is 2. The lowest BCUT2D eigenvalue weighted by atomic mass is 10.2. The van der Waals surface area contributed by atoms with Crippen LogP contribution in [0.2, 0.25) is 0 Å². The Labute approximate surface area is 124 Å². The Morgan fingerprint density at radius 3 is 2.50 bits per heavy atom. The van der Waals surface area contributed by atoms with Crippen LogP contribution in [0.15, 0.2) is 21.5 Å². The zero-order valence-corrected chi connectivity index (χ0v) is 12.8. The topological polar surface area (TPSA) is 92.5 Å². The van der Waals surface area contributed by atoms with Crippen LogP contribution in [0.3, 0.4) is 0 Å². The molecule has 0 radical (unpaired) electrons. The molecule has 9 heteroatoms. The zero-order valence-electron chi connectivity index (χ0n) is 10.4. The van der Waals surface area contributed by atoms with Gasteiger partial charge in [0.2, 0.25) is 10.0 Å². The van der Waals surface area contributed by atoms with Crippen LogP contribution < -0.4 is 10.5 Å². The molecule has 1 aromatic rings. The third kappa shape index (κ3) is 3.17. The highest BCUT2D eigenvalue weighted by Gasteiger charge is 2.25. The fourth-order valence-corrected chi connectivity index (χ4v) is 3.68. The van der Waals surface area contributed by atoms with Crippen LogP contribution in [0.25, 0.3) is 0 Å². The minimum atomic E-state index is -4.11. The molecule has 1 fully saturated rings. The van der Waals surface area contributed by atoms with Gasteiger partial charge in [-0.3, -0.25) is 4.79 Å². The minimum absolute atomic E-state index is 0.00932. The van der Waals surface area contributed by atoms with Gasteiger partial charge in [0.1, 0.15) is 5.82 Å². The first-order valence-corrected chi connectivity index (χ1v) is 8.16. The van der Waals surface area contributed by atoms with Crippen molar-refractivity contribution in [3.05, 3.63) is 28.0 Å². The highest BCUT2D eigenvalue weighted by atomic mass is 79.9. The van der Waals surface area contributed by atoms with Crippen molar-refractivity contribution in [1.82, 2.24) is 10.2 Å². The number of primary sulfonamides is 1. The van der Waals surface area contributed by atoms with E-state index in [-0.39, 0.29) is 10.0 Å². The SMILES string of the molecule is NS(=O)(=O)c1cc(F)cc(C(=O)N2CCNCC2)c1Br. The van der Waals surface area contributed by atoms with E-state index in [1.165, 1.54) is 4.90 Å². The van der Waals surface area contributed by atoms with E-state index in [1.807, 2.05) is 0 Å². The number of carbonyl (C=O) groups is 1. The summed E-state index contributed by atoms with van der Waals surface area (Å²) in [6, 6.07) is 1.79. The number of nitrogens with zero attached hydrogens (tertiary/aromatic N) is 1. The maximum atomic E-state index is 13.5. The predicted octanol–water partition coefficient (Wildman–Crippen LogP) is 0.281. The van der Waals surface area contributed by atoms with Crippen molar-refractivity contribution in [3.63, 3.8) is 0 Å². The van der Waals surface area contributed by atoms with E-state index < -0.39 is 26.6 Å². The number of rotatable bonds is 2. The van der Waals surface area contributed by atoms with Crippen molar-refractivity contribution in [2.45, 2.75) is 4.90 Å². The summed E-state index contributed by atoms with van der Waals surface area (Å²) in [6.07, 6.45) is 0. The average molecular weight is 366 g/mol. The fraction of sp³-hybridized carbons (Fsp3) is 0.364. The van der Waals surface area contributed by atoms with Gasteiger partial charge in [0.15, 0.2) is 0 Å². The van der Waals surface area contributed by atoms with Crippen LogP contribution in [-0.2, 0) is 10.0 Å². The van der Waals surface area contributed by atoms with E-state index in [0.29, 0.717) is 26.2 Å². The van der Waals surface area contributed by atoms with Crippen molar-refractivity contribution < 1.29 is 17.6 Å². The number of carbonyl (C=O) groups excluding carboxylic acids is 1. The highest BCUT2D eigenvalue weighted by molar-refractivity contribution is 9.10. The molecular formula is C11H13BrFN3O3S. The number of nitrogens with two attached hydrogens (primary N) is 1. The molecule has 0 saturated carbocycles. The molecule has 0 unspecified atom stereocenters. The van der Waals surface area contributed by atoms with Crippen molar-refractivity contribution in [2.24, 2.45) is 5.14 Å². The van der Waals surface area contributed by atoms with Crippen LogP contribution in [-0.4, -0.2) is 45.4 Å². The summed E-state index contributed by atoms with van der Waals surface area (Å²) in [7, 11) is -4.11. The zero-order chi connectivity index (χ0) is 14.9. The Bertz CT molecular complexity index is 645. The number of amides is 1. The van der Waals surface area contributed by atoms with E-state index in [0.717, 1.165) is 12.1 Å². The van der Waals surface area contributed by atoms with Gasteiger partial charge in [-0.15, -0.1) is 0 Å². The average Bonchev–Trinajstić information content (AvgIpc) is 2.40. The number of hydrogen-bond acceptors (Lipinski definition) is 4. The molecule has 110 valence electrons. The molecule has 0 aromatic heterocycles. The van der Waals surface area contributed by atoms with Gasteiger partial charge in [0, 0.05) is 26.2 Å². The molecule has 1 aromatic carbocycles. The number of benzene rings is 1. The smallest absolute Gasteiger partial charge is 0.255 e. The van der Waals surface area contributed by atoms with Crippen LogP contribution in [0.1, 0.15) is 10.4 Å². The Kier molecular flexibility index (Phi) is 4.43. The van der Waals surface area contributed by atoms with Crippen LogP contribution in [0.5, 0.6) is 0 Å². The van der Waals surface area contributed by atoms with E-state index in [1.54, 1.807) is 0 Å². The molecule has 1 saturated heterocycles. The van der Waals surface area contributed by atoms with Crippen molar-refractivity contribution in [3.8, 4) is 0 Å². The van der Waals surface area contributed by atoms with E-state index in [2.05, 4.69) is 21.2 Å². The van der Waals surface area contributed by atoms with Crippen LogP contribution in [0.4, 0.5) is 4.39 Å². The first-order valence-electron chi connectivity index (χ1n) is 5.82. The second kappa shape index (κ2) is 5.76. The normalized spacial score (nSPS) is 16.2. The monoisotopic (exact) mass is 365 g/mol. The van der Waals surface area contributed by atoms with Crippen molar-refractivity contribution in [2.75, 3.05) is 26.2 Å². The van der Waals surface area contributed by atoms with Gasteiger partial charge in [-0.25, -0.2) is 17.9 Å². The molecular weight excluding hydrogens is 353 g/mol. The third-order valence-electron chi connectivity index (χ3n) is 2.95. The van der Waals surface area contributed by atoms with E-state index in [4.69, 9.17) is 5.14 Å². The predicted molar refractivity (Wildman–Crippen MR) is 74.2 cm³/mol. The second-order valence-corrected chi connectivity index (χ2v) is 6.68. The molecule has 2 rings (SSSR count). The lowest BCUT2D eigenvalue weighted by Crippen LogP contribution is -2.46. The second-order valence-electron chi connectivity index (χ2n) is 4.35. The lowest BCUT2D eigenvalue weighted by Gasteiger charge is -2.28. The molecule has 0 bridgehead atoms. The Morgan fingerprint density at radius 2 is 1.95 bits per heavy atom. The summed E-state index contributed by atoms with van der Waals surface area (Å²) in [5, 5.41) is 8.10. The quantitative estimate of drug-likeness (QED) is 0.787. The van der Waals surface area contributed by atoms with Gasteiger partial charge in [-0.1, -0.05) is 0 Å². The first-order chi connectivity index (χ1) is 9.30. The van der Waals surface area contributed by atoms with Crippen molar-refractivity contribution in [1.29, 1.82) is 0 Å². The summed E-state index contributed by atoms with van der Waals surface area (Å²) in [4.78, 5) is 13.4. The highest BCUT2D eigenvalue weighted by Crippen LogP contribution is 2.27. The Hall–Kier alpha value is -1.03. The summed E-state index contributed by atoms with van der Waals surface area (Å²) in [6.45, 7) is 2.24. The molecule has 1 aliphatic rings. The maximum absolute atomic E-state index is 13.5.